The Labute approximate surface area is 147 Å². The number of aliphatic hydroxyl groups excluding tert-OH is 1. The molecular formula is C20H23N3O2. The third-order valence-electron chi connectivity index (χ3n) is 4.35. The summed E-state index contributed by atoms with van der Waals surface area (Å²) in [6.45, 7) is 6.70. The second-order valence-electron chi connectivity index (χ2n) is 6.26. The summed E-state index contributed by atoms with van der Waals surface area (Å²) in [6.07, 6.45) is 4.59. The van der Waals surface area contributed by atoms with Gasteiger partial charge in [-0.25, -0.2) is 0 Å². The molecule has 0 saturated heterocycles. The molecule has 1 atom stereocenters. The lowest BCUT2D eigenvalue weighted by molar-refractivity contribution is 0.0891. The van der Waals surface area contributed by atoms with Gasteiger partial charge in [-0.1, -0.05) is 12.1 Å². The van der Waals surface area contributed by atoms with Gasteiger partial charge in [-0.3, -0.25) is 9.67 Å². The van der Waals surface area contributed by atoms with Crippen LogP contribution < -0.4 is 4.74 Å². The van der Waals surface area contributed by atoms with Crippen molar-refractivity contribution < 1.29 is 9.84 Å². The predicted molar refractivity (Wildman–Crippen MR) is 97.6 cm³/mol. The maximum atomic E-state index is 10.4. The van der Waals surface area contributed by atoms with Crippen molar-refractivity contribution in [3.8, 4) is 17.0 Å². The Morgan fingerprint density at radius 2 is 1.88 bits per heavy atom. The number of ether oxygens (including phenoxy) is 1. The van der Waals surface area contributed by atoms with E-state index in [1.165, 1.54) is 5.56 Å². The normalized spacial score (nSPS) is 12.2. The largest absolute Gasteiger partial charge is 0.490 e. The van der Waals surface area contributed by atoms with Gasteiger partial charge in [0.05, 0.1) is 12.2 Å². The van der Waals surface area contributed by atoms with Gasteiger partial charge in [0.25, 0.3) is 0 Å². The molecular weight excluding hydrogens is 314 g/mol. The van der Waals surface area contributed by atoms with Gasteiger partial charge in [0.1, 0.15) is 18.5 Å². The molecule has 0 aliphatic carbocycles. The van der Waals surface area contributed by atoms with E-state index >= 15 is 0 Å². The van der Waals surface area contributed by atoms with Crippen LogP contribution in [-0.2, 0) is 6.54 Å². The maximum absolute atomic E-state index is 10.4. The van der Waals surface area contributed by atoms with E-state index in [0.717, 1.165) is 28.1 Å². The first-order valence-electron chi connectivity index (χ1n) is 8.36. The van der Waals surface area contributed by atoms with E-state index in [-0.39, 0.29) is 6.61 Å². The highest BCUT2D eigenvalue weighted by Crippen LogP contribution is 2.26. The molecule has 0 bridgehead atoms. The van der Waals surface area contributed by atoms with Gasteiger partial charge in [0.2, 0.25) is 0 Å². The summed E-state index contributed by atoms with van der Waals surface area (Å²) in [5.74, 6) is 0.854. The Bertz CT molecular complexity index is 843. The SMILES string of the molecule is Cc1ccc(C)c(OCC(O)Cn2nccc2-c2cccnc2)c1C. The quantitative estimate of drug-likeness (QED) is 0.750. The summed E-state index contributed by atoms with van der Waals surface area (Å²) >= 11 is 0. The highest BCUT2D eigenvalue weighted by atomic mass is 16.5. The third-order valence-corrected chi connectivity index (χ3v) is 4.35. The van der Waals surface area contributed by atoms with Crippen LogP contribution in [0.25, 0.3) is 11.3 Å². The summed E-state index contributed by atoms with van der Waals surface area (Å²) in [4.78, 5) is 4.14. The molecule has 0 saturated carbocycles. The minimum absolute atomic E-state index is 0.220. The van der Waals surface area contributed by atoms with E-state index < -0.39 is 6.10 Å². The summed E-state index contributed by atoms with van der Waals surface area (Å²) in [6, 6.07) is 9.90. The summed E-state index contributed by atoms with van der Waals surface area (Å²) in [5, 5.41) is 14.7. The molecule has 2 heterocycles. The maximum Gasteiger partial charge on any atom is 0.125 e. The molecule has 2 aromatic heterocycles. The molecule has 25 heavy (non-hydrogen) atoms. The molecule has 0 aliphatic rings. The zero-order valence-electron chi connectivity index (χ0n) is 14.8. The van der Waals surface area contributed by atoms with Gasteiger partial charge in [-0.2, -0.15) is 5.10 Å². The lowest BCUT2D eigenvalue weighted by Gasteiger charge is -2.17. The predicted octanol–water partition coefficient (Wildman–Crippen LogP) is 3.31. The van der Waals surface area contributed by atoms with Crippen molar-refractivity contribution in [2.75, 3.05) is 6.61 Å². The number of aromatic nitrogens is 3. The van der Waals surface area contributed by atoms with Crippen LogP contribution in [-0.4, -0.2) is 32.6 Å². The Morgan fingerprint density at radius 1 is 1.08 bits per heavy atom. The molecule has 130 valence electrons. The van der Waals surface area contributed by atoms with Crippen molar-refractivity contribution in [3.63, 3.8) is 0 Å². The van der Waals surface area contributed by atoms with Crippen LogP contribution in [0.4, 0.5) is 0 Å². The molecule has 0 fully saturated rings. The van der Waals surface area contributed by atoms with Gasteiger partial charge in [0.15, 0.2) is 0 Å². The topological polar surface area (TPSA) is 60.2 Å². The lowest BCUT2D eigenvalue weighted by atomic mass is 10.1. The number of aliphatic hydroxyl groups is 1. The van der Waals surface area contributed by atoms with E-state index in [1.807, 2.05) is 38.1 Å². The van der Waals surface area contributed by atoms with Crippen molar-refractivity contribution in [2.24, 2.45) is 0 Å². The van der Waals surface area contributed by atoms with Gasteiger partial charge < -0.3 is 9.84 Å². The molecule has 3 rings (SSSR count). The molecule has 1 unspecified atom stereocenters. The Balaban J connectivity index is 1.68. The fourth-order valence-corrected chi connectivity index (χ4v) is 2.82. The first-order valence-corrected chi connectivity index (χ1v) is 8.36. The molecule has 1 aromatic carbocycles. The summed E-state index contributed by atoms with van der Waals surface area (Å²) < 4.78 is 7.68. The number of pyridine rings is 1. The fourth-order valence-electron chi connectivity index (χ4n) is 2.82. The first-order chi connectivity index (χ1) is 12.1. The van der Waals surface area contributed by atoms with Crippen LogP contribution in [0.5, 0.6) is 5.75 Å². The fraction of sp³-hybridized carbons (Fsp3) is 0.300. The summed E-state index contributed by atoms with van der Waals surface area (Å²) in [7, 11) is 0. The number of hydrogen-bond acceptors (Lipinski definition) is 4. The molecule has 5 heteroatoms. The number of hydrogen-bond donors (Lipinski definition) is 1. The molecule has 1 N–H and O–H groups in total. The van der Waals surface area contributed by atoms with Crippen molar-refractivity contribution in [1.82, 2.24) is 14.8 Å². The van der Waals surface area contributed by atoms with Gasteiger partial charge in [-0.15, -0.1) is 0 Å². The van der Waals surface area contributed by atoms with E-state index in [4.69, 9.17) is 4.74 Å². The van der Waals surface area contributed by atoms with E-state index in [9.17, 15) is 5.11 Å². The Kier molecular flexibility index (Phi) is 5.14. The molecule has 0 spiro atoms. The monoisotopic (exact) mass is 337 g/mol. The van der Waals surface area contributed by atoms with Crippen molar-refractivity contribution in [3.05, 3.63) is 65.6 Å². The van der Waals surface area contributed by atoms with Crippen LogP contribution >= 0.6 is 0 Å². The standard InChI is InChI=1S/C20H23N3O2/c1-14-6-7-15(2)20(16(14)3)25-13-18(24)12-23-19(8-10-22-23)17-5-4-9-21-11-17/h4-11,18,24H,12-13H2,1-3H3. The summed E-state index contributed by atoms with van der Waals surface area (Å²) in [5.41, 5.74) is 5.27. The van der Waals surface area contributed by atoms with Crippen molar-refractivity contribution >= 4 is 0 Å². The van der Waals surface area contributed by atoms with E-state index in [2.05, 4.69) is 23.1 Å². The van der Waals surface area contributed by atoms with Crippen LogP contribution in [0.15, 0.2) is 48.9 Å². The van der Waals surface area contributed by atoms with Crippen LogP contribution in [0.1, 0.15) is 16.7 Å². The van der Waals surface area contributed by atoms with Crippen molar-refractivity contribution in [1.29, 1.82) is 0 Å². The molecule has 5 nitrogen and oxygen atoms in total. The van der Waals surface area contributed by atoms with Crippen LogP contribution in [0.3, 0.4) is 0 Å². The average Bonchev–Trinajstić information content (AvgIpc) is 3.07. The van der Waals surface area contributed by atoms with Gasteiger partial charge >= 0.3 is 0 Å². The van der Waals surface area contributed by atoms with Crippen molar-refractivity contribution in [2.45, 2.75) is 33.4 Å². The molecule has 0 radical (unpaired) electrons. The first kappa shape index (κ1) is 17.2. The second kappa shape index (κ2) is 7.49. The molecule has 0 aliphatic heterocycles. The minimum atomic E-state index is -0.658. The second-order valence-corrected chi connectivity index (χ2v) is 6.26. The lowest BCUT2D eigenvalue weighted by Crippen LogP contribution is -2.25. The van der Waals surface area contributed by atoms with Gasteiger partial charge in [-0.05, 0) is 55.7 Å². The number of rotatable bonds is 6. The number of benzene rings is 1. The zero-order valence-corrected chi connectivity index (χ0v) is 14.8. The Morgan fingerprint density at radius 3 is 2.64 bits per heavy atom. The molecule has 3 aromatic rings. The number of nitrogens with zero attached hydrogens (tertiary/aromatic N) is 3. The highest BCUT2D eigenvalue weighted by molar-refractivity contribution is 5.57. The molecule has 0 amide bonds. The van der Waals surface area contributed by atoms with Crippen LogP contribution in [0, 0.1) is 20.8 Å². The van der Waals surface area contributed by atoms with E-state index in [0.29, 0.717) is 6.54 Å². The number of aryl methyl sites for hydroxylation is 2. The van der Waals surface area contributed by atoms with E-state index in [1.54, 1.807) is 23.3 Å². The van der Waals surface area contributed by atoms with Crippen LogP contribution in [0.2, 0.25) is 0 Å². The highest BCUT2D eigenvalue weighted by Gasteiger charge is 2.13. The van der Waals surface area contributed by atoms with Gasteiger partial charge in [0, 0.05) is 24.2 Å². The smallest absolute Gasteiger partial charge is 0.125 e. The zero-order chi connectivity index (χ0) is 17.8. The Hall–Kier alpha value is -2.66. The minimum Gasteiger partial charge on any atom is -0.490 e. The average molecular weight is 337 g/mol. The third kappa shape index (κ3) is 3.88.